The van der Waals surface area contributed by atoms with Crippen molar-refractivity contribution in [3.63, 3.8) is 0 Å². The van der Waals surface area contributed by atoms with E-state index in [9.17, 15) is 4.79 Å². The lowest BCUT2D eigenvalue weighted by Gasteiger charge is -1.99. The molecule has 1 heterocycles. The molecule has 0 aliphatic carbocycles. The molecule has 1 amide bonds. The molecular formula is C17H16ClN5O. The molecule has 122 valence electrons. The molecule has 6 nitrogen and oxygen atoms in total. The second-order valence-electron chi connectivity index (χ2n) is 5.36. The minimum Gasteiger partial charge on any atom is -0.370 e. The van der Waals surface area contributed by atoms with Crippen LogP contribution in [0.3, 0.4) is 0 Å². The number of halogens is 1. The van der Waals surface area contributed by atoms with Gasteiger partial charge in [-0.05, 0) is 24.1 Å². The number of fused-ring (bicyclic) bond motifs is 1. The van der Waals surface area contributed by atoms with Crippen molar-refractivity contribution < 1.29 is 4.79 Å². The van der Waals surface area contributed by atoms with Crippen molar-refractivity contribution in [2.45, 2.75) is 12.8 Å². The predicted octanol–water partition coefficient (Wildman–Crippen LogP) is 2.42. The zero-order valence-corrected chi connectivity index (χ0v) is 13.5. The van der Waals surface area contributed by atoms with E-state index in [1.165, 1.54) is 11.6 Å². The molecule has 5 N–H and O–H groups in total. The summed E-state index contributed by atoms with van der Waals surface area (Å²) in [4.78, 5) is 23.4. The van der Waals surface area contributed by atoms with Crippen LogP contribution >= 0.6 is 11.6 Å². The monoisotopic (exact) mass is 341 g/mol. The van der Waals surface area contributed by atoms with E-state index in [1.54, 1.807) is 6.07 Å². The average molecular weight is 342 g/mol. The van der Waals surface area contributed by atoms with Crippen LogP contribution in [-0.4, -0.2) is 21.8 Å². The maximum atomic E-state index is 12.1. The van der Waals surface area contributed by atoms with Crippen molar-refractivity contribution in [2.24, 2.45) is 16.5 Å². The Morgan fingerprint density at radius 2 is 1.92 bits per heavy atom. The molecule has 0 aliphatic rings. The highest BCUT2D eigenvalue weighted by molar-refractivity contribution is 6.32. The summed E-state index contributed by atoms with van der Waals surface area (Å²) < 4.78 is 0. The third kappa shape index (κ3) is 3.55. The topological polar surface area (TPSA) is 110 Å². The van der Waals surface area contributed by atoms with E-state index in [0.717, 1.165) is 12.2 Å². The van der Waals surface area contributed by atoms with Gasteiger partial charge in [0.2, 0.25) is 0 Å². The molecule has 7 heteroatoms. The lowest BCUT2D eigenvalue weighted by Crippen LogP contribution is -2.24. The number of carbonyl (C=O) groups is 1. The van der Waals surface area contributed by atoms with Gasteiger partial charge in [-0.15, -0.1) is 0 Å². The standard InChI is InChI=1S/C17H16ClN5O/c18-11-8-12(16(24)23-17(19)20)15-13(9-11)21-14(22-15)7-6-10-4-2-1-3-5-10/h1-5,8-9H,6-7H2,(H,21,22)(H4,19,20,23,24). The Balaban J connectivity index is 1.92. The van der Waals surface area contributed by atoms with Gasteiger partial charge in [-0.2, -0.15) is 4.99 Å². The second kappa shape index (κ2) is 6.72. The third-order valence-electron chi connectivity index (χ3n) is 3.55. The number of carbonyl (C=O) groups excluding carboxylic acids is 1. The first-order chi connectivity index (χ1) is 11.5. The molecule has 24 heavy (non-hydrogen) atoms. The Kier molecular flexibility index (Phi) is 4.48. The molecule has 0 fully saturated rings. The van der Waals surface area contributed by atoms with E-state index < -0.39 is 5.91 Å². The number of benzene rings is 2. The molecule has 2 aromatic carbocycles. The molecule has 0 unspecified atom stereocenters. The van der Waals surface area contributed by atoms with Gasteiger partial charge in [-0.25, -0.2) is 4.98 Å². The number of hydrogen-bond acceptors (Lipinski definition) is 2. The summed E-state index contributed by atoms with van der Waals surface area (Å²) in [5.74, 6) is -0.0913. The van der Waals surface area contributed by atoms with Gasteiger partial charge < -0.3 is 16.5 Å². The van der Waals surface area contributed by atoms with Gasteiger partial charge >= 0.3 is 0 Å². The van der Waals surface area contributed by atoms with Gasteiger partial charge in [0.25, 0.3) is 5.91 Å². The zero-order chi connectivity index (χ0) is 17.1. The summed E-state index contributed by atoms with van der Waals surface area (Å²) in [5.41, 5.74) is 13.2. The second-order valence-corrected chi connectivity index (χ2v) is 5.80. The maximum absolute atomic E-state index is 12.1. The Morgan fingerprint density at radius 1 is 1.17 bits per heavy atom. The van der Waals surface area contributed by atoms with Crippen molar-refractivity contribution in [3.05, 3.63) is 64.4 Å². The number of imidazole rings is 1. The van der Waals surface area contributed by atoms with E-state index in [2.05, 4.69) is 27.1 Å². The fraction of sp³-hybridized carbons (Fsp3) is 0.118. The average Bonchev–Trinajstić information content (AvgIpc) is 2.95. The van der Waals surface area contributed by atoms with E-state index in [0.29, 0.717) is 22.5 Å². The third-order valence-corrected chi connectivity index (χ3v) is 3.77. The van der Waals surface area contributed by atoms with Gasteiger partial charge in [0.1, 0.15) is 11.3 Å². The van der Waals surface area contributed by atoms with Crippen molar-refractivity contribution >= 4 is 34.5 Å². The van der Waals surface area contributed by atoms with Crippen LogP contribution in [-0.2, 0) is 12.8 Å². The highest BCUT2D eigenvalue weighted by Crippen LogP contribution is 2.23. The van der Waals surface area contributed by atoms with E-state index in [-0.39, 0.29) is 11.5 Å². The van der Waals surface area contributed by atoms with Crippen molar-refractivity contribution in [3.8, 4) is 0 Å². The van der Waals surface area contributed by atoms with E-state index >= 15 is 0 Å². The molecule has 0 spiro atoms. The molecule has 1 aromatic heterocycles. The highest BCUT2D eigenvalue weighted by atomic mass is 35.5. The molecule has 0 saturated heterocycles. The van der Waals surface area contributed by atoms with Crippen LogP contribution in [0.4, 0.5) is 0 Å². The number of H-pyrrole nitrogens is 1. The molecule has 3 aromatic rings. The summed E-state index contributed by atoms with van der Waals surface area (Å²) in [6.07, 6.45) is 1.55. The van der Waals surface area contributed by atoms with Crippen LogP contribution in [0.25, 0.3) is 11.0 Å². The smallest absolute Gasteiger partial charge is 0.282 e. The first kappa shape index (κ1) is 16.0. The van der Waals surface area contributed by atoms with Crippen LogP contribution in [0.2, 0.25) is 5.02 Å². The lowest BCUT2D eigenvalue weighted by molar-refractivity contribution is 0.100. The lowest BCUT2D eigenvalue weighted by atomic mass is 10.1. The Morgan fingerprint density at radius 3 is 2.62 bits per heavy atom. The number of amides is 1. The molecule has 0 radical (unpaired) electrons. The summed E-state index contributed by atoms with van der Waals surface area (Å²) in [6, 6.07) is 13.3. The van der Waals surface area contributed by atoms with Crippen molar-refractivity contribution in [1.29, 1.82) is 0 Å². The summed E-state index contributed by atoms with van der Waals surface area (Å²) in [5, 5.41) is 0.412. The van der Waals surface area contributed by atoms with Crippen LogP contribution in [0.1, 0.15) is 21.7 Å². The number of aromatic nitrogens is 2. The Bertz CT molecular complexity index is 913. The van der Waals surface area contributed by atoms with Gasteiger partial charge in [0.05, 0.1) is 11.1 Å². The highest BCUT2D eigenvalue weighted by Gasteiger charge is 2.15. The molecule has 0 bridgehead atoms. The van der Waals surface area contributed by atoms with Crippen molar-refractivity contribution in [2.75, 3.05) is 0 Å². The van der Waals surface area contributed by atoms with Crippen molar-refractivity contribution in [1.82, 2.24) is 9.97 Å². The number of aryl methyl sites for hydroxylation is 2. The number of nitrogens with one attached hydrogen (secondary N) is 1. The molecule has 0 atom stereocenters. The van der Waals surface area contributed by atoms with Crippen LogP contribution in [0.15, 0.2) is 47.5 Å². The normalized spacial score (nSPS) is 10.7. The maximum Gasteiger partial charge on any atom is 0.282 e. The van der Waals surface area contributed by atoms with Crippen LogP contribution < -0.4 is 11.5 Å². The summed E-state index contributed by atoms with van der Waals surface area (Å²) >= 11 is 6.08. The SMILES string of the molecule is NC(N)=NC(=O)c1cc(Cl)cc2[nH]c(CCc3ccccc3)nc12. The minimum absolute atomic E-state index is 0.271. The molecule has 0 aliphatic heterocycles. The number of aliphatic imine (C=N–C) groups is 1. The van der Waals surface area contributed by atoms with Gasteiger partial charge in [0, 0.05) is 11.4 Å². The number of nitrogens with two attached hydrogens (primary N) is 2. The van der Waals surface area contributed by atoms with Crippen LogP contribution in [0, 0.1) is 0 Å². The molecule has 3 rings (SSSR count). The number of rotatable bonds is 4. The predicted molar refractivity (Wildman–Crippen MR) is 95.1 cm³/mol. The first-order valence-corrected chi connectivity index (χ1v) is 7.77. The number of nitrogens with zero attached hydrogens (tertiary/aromatic N) is 2. The fourth-order valence-corrected chi connectivity index (χ4v) is 2.72. The van der Waals surface area contributed by atoms with Crippen LogP contribution in [0.5, 0.6) is 0 Å². The van der Waals surface area contributed by atoms with E-state index in [4.69, 9.17) is 23.1 Å². The summed E-state index contributed by atoms with van der Waals surface area (Å²) in [7, 11) is 0. The quantitative estimate of drug-likeness (QED) is 0.500. The number of hydrogen-bond donors (Lipinski definition) is 3. The largest absolute Gasteiger partial charge is 0.370 e. The molecule has 0 saturated carbocycles. The minimum atomic E-state index is -0.566. The van der Waals surface area contributed by atoms with Gasteiger partial charge in [-0.3, -0.25) is 4.79 Å². The van der Waals surface area contributed by atoms with Gasteiger partial charge in [-0.1, -0.05) is 41.9 Å². The van der Waals surface area contributed by atoms with E-state index in [1.807, 2.05) is 18.2 Å². The Labute approximate surface area is 143 Å². The number of aromatic amines is 1. The van der Waals surface area contributed by atoms with Gasteiger partial charge in [0.15, 0.2) is 5.96 Å². The first-order valence-electron chi connectivity index (χ1n) is 7.39. The fourth-order valence-electron chi connectivity index (χ4n) is 2.50. The molecular weight excluding hydrogens is 326 g/mol. The number of guanidine groups is 1. The Hall–Kier alpha value is -2.86. The zero-order valence-electron chi connectivity index (χ0n) is 12.8. The summed E-state index contributed by atoms with van der Waals surface area (Å²) in [6.45, 7) is 0.